The molecule has 6 nitrogen and oxygen atoms in total. The van der Waals surface area contributed by atoms with Gasteiger partial charge in [0, 0.05) is 5.64 Å². The lowest BCUT2D eigenvalue weighted by Gasteiger charge is -2.01. The Kier molecular flexibility index (Phi) is 1.19. The zero-order valence-electron chi connectivity index (χ0n) is 4.81. The van der Waals surface area contributed by atoms with Crippen LogP contribution in [0.1, 0.15) is 0 Å². The van der Waals surface area contributed by atoms with Gasteiger partial charge in [-0.2, -0.15) is 4.89 Å². The summed E-state index contributed by atoms with van der Waals surface area (Å²) in [4.78, 5) is 21.9. The molecule has 2 heterocycles. The van der Waals surface area contributed by atoms with E-state index in [-0.39, 0.29) is 0 Å². The highest BCUT2D eigenvalue weighted by molar-refractivity contribution is 5.47. The van der Waals surface area contributed by atoms with E-state index in [9.17, 15) is 0 Å². The van der Waals surface area contributed by atoms with Crippen LogP contribution < -0.4 is 5.64 Å². The van der Waals surface area contributed by atoms with Gasteiger partial charge in [0.25, 0.3) is 6.23 Å². The van der Waals surface area contributed by atoms with Crippen molar-refractivity contribution in [2.75, 3.05) is 0 Å². The Morgan fingerprint density at radius 1 is 1.60 bits per heavy atom. The van der Waals surface area contributed by atoms with Crippen LogP contribution in [0, 0.1) is 0 Å². The predicted molar refractivity (Wildman–Crippen MR) is 27.8 cm³/mol. The summed E-state index contributed by atoms with van der Waals surface area (Å²) in [5, 5.41) is 0. The van der Waals surface area contributed by atoms with Crippen molar-refractivity contribution in [3.63, 3.8) is 0 Å². The summed E-state index contributed by atoms with van der Waals surface area (Å²) in [6.07, 6.45) is 1.99. The highest BCUT2D eigenvalue weighted by atomic mass is 17.2. The molecule has 0 radical (unpaired) electrons. The molecule has 0 saturated carbocycles. The second-order valence-corrected chi connectivity index (χ2v) is 1.62. The Balaban J connectivity index is 2.04. The summed E-state index contributed by atoms with van der Waals surface area (Å²) in [5.41, 5.74) is 2.15. The minimum Gasteiger partial charge on any atom is -0.378 e. The average Bonchev–Trinajstić information content (AvgIpc) is 2.59. The lowest BCUT2D eigenvalue weighted by Crippen LogP contribution is -2.11. The topological polar surface area (TPSA) is 61.3 Å². The van der Waals surface area contributed by atoms with Crippen LogP contribution in [0.3, 0.4) is 0 Å². The first-order valence-electron chi connectivity index (χ1n) is 2.58. The molecule has 2 aliphatic heterocycles. The quantitative estimate of drug-likeness (QED) is 0.508. The van der Waals surface area contributed by atoms with Gasteiger partial charge in [0.2, 0.25) is 12.2 Å². The third-order valence-electron chi connectivity index (χ3n) is 1.01. The Morgan fingerprint density at radius 2 is 2.60 bits per heavy atom. The van der Waals surface area contributed by atoms with Gasteiger partial charge in [-0.05, 0) is 0 Å². The predicted octanol–water partition coefficient (Wildman–Crippen LogP) is -0.390. The van der Waals surface area contributed by atoms with Crippen LogP contribution in [0.2, 0.25) is 0 Å². The largest absolute Gasteiger partial charge is 0.378 e. The molecule has 1 unspecified atom stereocenters. The van der Waals surface area contributed by atoms with Crippen LogP contribution in [-0.2, 0) is 19.5 Å². The minimum absolute atomic E-state index is 0.425. The Hall–Kier alpha value is -1.27. The molecule has 54 valence electrons. The molecule has 0 aromatic rings. The molecule has 6 heteroatoms. The number of rotatable bonds is 1. The van der Waals surface area contributed by atoms with Gasteiger partial charge >= 0.3 is 0 Å². The van der Waals surface area contributed by atoms with Crippen molar-refractivity contribution in [3.8, 4) is 0 Å². The summed E-state index contributed by atoms with van der Waals surface area (Å²) >= 11 is 0. The molecule has 0 spiro atoms. The van der Waals surface area contributed by atoms with E-state index >= 15 is 0 Å². The van der Waals surface area contributed by atoms with Crippen LogP contribution in [-0.4, -0.2) is 12.6 Å². The highest BCUT2D eigenvalue weighted by Crippen LogP contribution is 2.15. The summed E-state index contributed by atoms with van der Waals surface area (Å²) in [7, 11) is 0. The minimum atomic E-state index is -0.546. The second-order valence-electron chi connectivity index (χ2n) is 1.62. The van der Waals surface area contributed by atoms with E-state index in [1.165, 1.54) is 12.7 Å². The molecule has 0 aromatic carbocycles. The molecule has 1 N–H and O–H groups in total. The van der Waals surface area contributed by atoms with E-state index in [0.29, 0.717) is 5.76 Å². The molecule has 0 amide bonds. The second kappa shape index (κ2) is 2.16. The number of hydrogen-bond acceptors (Lipinski definition) is 6. The maximum absolute atomic E-state index is 4.71. The van der Waals surface area contributed by atoms with E-state index in [2.05, 4.69) is 25.2 Å². The van der Waals surface area contributed by atoms with Crippen molar-refractivity contribution in [2.45, 2.75) is 6.23 Å². The fourth-order valence-corrected chi connectivity index (χ4v) is 0.590. The fraction of sp³-hybridized carbons (Fsp3) is 0.250. The van der Waals surface area contributed by atoms with Gasteiger partial charge in [0.05, 0.1) is 0 Å². The van der Waals surface area contributed by atoms with Gasteiger partial charge < -0.3 is 14.6 Å². The van der Waals surface area contributed by atoms with Crippen molar-refractivity contribution < 1.29 is 19.5 Å². The Bertz CT molecular complexity index is 190. The van der Waals surface area contributed by atoms with Gasteiger partial charge in [-0.3, -0.25) is 0 Å². The zero-order valence-corrected chi connectivity index (χ0v) is 4.81. The molecule has 1 atom stereocenters. The number of aliphatic imine (C=N–C) groups is 1. The first-order chi connectivity index (χ1) is 4.97. The lowest BCUT2D eigenvalue weighted by atomic mass is 10.5. The molecule has 0 saturated heterocycles. The third-order valence-corrected chi connectivity index (χ3v) is 1.01. The van der Waals surface area contributed by atoms with Crippen molar-refractivity contribution in [1.82, 2.24) is 5.64 Å². The van der Waals surface area contributed by atoms with Crippen LogP contribution in [0.5, 0.6) is 0 Å². The fourth-order valence-electron chi connectivity index (χ4n) is 0.590. The number of nitrogens with zero attached hydrogens (tertiary/aromatic N) is 1. The molecule has 0 fully saturated rings. The van der Waals surface area contributed by atoms with Gasteiger partial charge in [0.1, 0.15) is 0 Å². The van der Waals surface area contributed by atoms with E-state index < -0.39 is 6.23 Å². The van der Waals surface area contributed by atoms with Gasteiger partial charge in [-0.15, -0.1) is 0 Å². The molecular formula is C4H4N2O4. The smallest absolute Gasteiger partial charge is 0.259 e. The molecular weight excluding hydrogens is 140 g/mol. The SMILES string of the molecule is C1=NC(C2=CONO2)OO1. The lowest BCUT2D eigenvalue weighted by molar-refractivity contribution is -0.232. The summed E-state index contributed by atoms with van der Waals surface area (Å²) in [6.45, 7) is 0. The maximum atomic E-state index is 4.71. The Morgan fingerprint density at radius 3 is 3.20 bits per heavy atom. The normalized spacial score (nSPS) is 28.8. The van der Waals surface area contributed by atoms with Gasteiger partial charge in [-0.1, -0.05) is 0 Å². The standard InChI is InChI=1S/C4H4N2O4/c1-3(9-6-7-1)4-5-2-8-10-4/h1-2,4,6H. The van der Waals surface area contributed by atoms with E-state index in [1.807, 2.05) is 0 Å². The van der Waals surface area contributed by atoms with E-state index in [0.717, 1.165) is 0 Å². The summed E-state index contributed by atoms with van der Waals surface area (Å²) < 4.78 is 0. The number of nitrogens with one attached hydrogen (secondary N) is 1. The average molecular weight is 144 g/mol. The molecule has 0 aliphatic carbocycles. The molecule has 2 aliphatic rings. The van der Waals surface area contributed by atoms with E-state index in [4.69, 9.17) is 4.84 Å². The summed E-state index contributed by atoms with van der Waals surface area (Å²) in [5.74, 6) is 0.425. The molecule has 0 aromatic heterocycles. The van der Waals surface area contributed by atoms with Crippen LogP contribution >= 0.6 is 0 Å². The van der Waals surface area contributed by atoms with Crippen molar-refractivity contribution in [2.24, 2.45) is 4.99 Å². The molecule has 2 rings (SSSR count). The summed E-state index contributed by atoms with van der Waals surface area (Å²) in [6, 6.07) is 0. The first-order valence-corrected chi connectivity index (χ1v) is 2.58. The maximum Gasteiger partial charge on any atom is 0.259 e. The molecule has 0 bridgehead atoms. The molecule has 10 heavy (non-hydrogen) atoms. The van der Waals surface area contributed by atoms with E-state index in [1.54, 1.807) is 0 Å². The van der Waals surface area contributed by atoms with Crippen LogP contribution in [0.25, 0.3) is 0 Å². The Labute approximate surface area is 55.9 Å². The van der Waals surface area contributed by atoms with Crippen molar-refractivity contribution in [3.05, 3.63) is 12.0 Å². The first kappa shape index (κ1) is 5.51. The van der Waals surface area contributed by atoms with Gasteiger partial charge in [0.15, 0.2) is 6.26 Å². The number of hydrogen-bond donors (Lipinski definition) is 1. The van der Waals surface area contributed by atoms with Crippen molar-refractivity contribution >= 4 is 6.40 Å². The zero-order chi connectivity index (χ0) is 6.81. The highest BCUT2D eigenvalue weighted by Gasteiger charge is 2.24. The van der Waals surface area contributed by atoms with Gasteiger partial charge in [-0.25, -0.2) is 4.99 Å². The van der Waals surface area contributed by atoms with Crippen LogP contribution in [0.4, 0.5) is 0 Å². The van der Waals surface area contributed by atoms with Crippen molar-refractivity contribution in [1.29, 1.82) is 0 Å². The monoisotopic (exact) mass is 144 g/mol. The van der Waals surface area contributed by atoms with Crippen LogP contribution in [0.15, 0.2) is 17.0 Å². The third kappa shape index (κ3) is 0.789.